The van der Waals surface area contributed by atoms with Gasteiger partial charge in [0, 0.05) is 22.2 Å². The molecule has 0 radical (unpaired) electrons. The fourth-order valence-corrected chi connectivity index (χ4v) is 4.21. The Morgan fingerprint density at radius 2 is 2.23 bits per heavy atom. The van der Waals surface area contributed by atoms with Gasteiger partial charge in [0.05, 0.1) is 5.39 Å². The normalized spacial score (nSPS) is 12.6. The van der Waals surface area contributed by atoms with Crippen LogP contribution in [0.4, 0.5) is 0 Å². The molecule has 1 atom stereocenters. The number of nitrogens with zero attached hydrogens (tertiary/aromatic N) is 2. The van der Waals surface area contributed by atoms with Crippen LogP contribution in [0.2, 0.25) is 0 Å². The van der Waals surface area contributed by atoms with Crippen LogP contribution in [0.25, 0.3) is 20.7 Å². The Labute approximate surface area is 135 Å². The number of amides is 1. The van der Waals surface area contributed by atoms with Gasteiger partial charge in [-0.2, -0.15) is 0 Å². The minimum absolute atomic E-state index is 0.196. The molecular formula is C15H15N3O2S2. The molecule has 1 unspecified atom stereocenters. The largest absolute Gasteiger partial charge is 0.368 e. The van der Waals surface area contributed by atoms with Crippen LogP contribution in [-0.4, -0.2) is 15.5 Å². The molecule has 0 aliphatic heterocycles. The number of nitrogens with two attached hydrogens (primary N) is 1. The molecule has 0 spiro atoms. The summed E-state index contributed by atoms with van der Waals surface area (Å²) in [5.41, 5.74) is 6.07. The summed E-state index contributed by atoms with van der Waals surface area (Å²) in [5.74, 6) is 0.0502. The Morgan fingerprint density at radius 1 is 1.45 bits per heavy atom. The number of hydrogen-bond donors (Lipinski definition) is 1. The van der Waals surface area contributed by atoms with E-state index in [1.165, 1.54) is 15.9 Å². The number of aromatic nitrogens is 2. The summed E-state index contributed by atoms with van der Waals surface area (Å²) in [7, 11) is 0. The van der Waals surface area contributed by atoms with Crippen LogP contribution in [-0.2, 0) is 11.2 Å². The number of rotatable bonds is 4. The zero-order chi connectivity index (χ0) is 15.9. The third kappa shape index (κ3) is 2.26. The summed E-state index contributed by atoms with van der Waals surface area (Å²) in [4.78, 5) is 30.8. The molecule has 0 saturated heterocycles. The highest BCUT2D eigenvalue weighted by Crippen LogP contribution is 2.34. The molecule has 5 nitrogen and oxygen atoms in total. The molecule has 22 heavy (non-hydrogen) atoms. The smallest absolute Gasteiger partial charge is 0.263 e. The first kappa shape index (κ1) is 14.9. The quantitative estimate of drug-likeness (QED) is 0.797. The van der Waals surface area contributed by atoms with Gasteiger partial charge < -0.3 is 5.73 Å². The number of primary amides is 1. The first-order valence-corrected chi connectivity index (χ1v) is 8.66. The zero-order valence-corrected chi connectivity index (χ0v) is 13.8. The molecule has 0 aliphatic carbocycles. The highest BCUT2D eigenvalue weighted by atomic mass is 32.1. The number of carbonyl (C=O) groups is 1. The molecule has 0 bridgehead atoms. The molecule has 0 aliphatic rings. The molecule has 114 valence electrons. The molecule has 3 aromatic rings. The lowest BCUT2D eigenvalue weighted by molar-refractivity contribution is -0.120. The summed E-state index contributed by atoms with van der Waals surface area (Å²) in [6.07, 6.45) is 0.565. The fourth-order valence-electron chi connectivity index (χ4n) is 2.43. The van der Waals surface area contributed by atoms with Crippen LogP contribution in [0.5, 0.6) is 0 Å². The molecule has 0 saturated carbocycles. The predicted molar refractivity (Wildman–Crippen MR) is 90.5 cm³/mol. The van der Waals surface area contributed by atoms with E-state index in [9.17, 15) is 9.59 Å². The van der Waals surface area contributed by atoms with Crippen LogP contribution >= 0.6 is 22.7 Å². The number of thiophene rings is 2. The Morgan fingerprint density at radius 3 is 2.82 bits per heavy atom. The maximum atomic E-state index is 13.0. The summed E-state index contributed by atoms with van der Waals surface area (Å²) >= 11 is 3.02. The molecule has 7 heteroatoms. The summed E-state index contributed by atoms with van der Waals surface area (Å²) < 4.78 is 1.43. The lowest BCUT2D eigenvalue weighted by Crippen LogP contribution is -2.34. The second-order valence-corrected chi connectivity index (χ2v) is 6.75. The molecule has 3 aromatic heterocycles. The average Bonchev–Trinajstić information content (AvgIpc) is 3.14. The van der Waals surface area contributed by atoms with E-state index < -0.39 is 11.9 Å². The maximum Gasteiger partial charge on any atom is 0.263 e. The Hall–Kier alpha value is -1.99. The van der Waals surface area contributed by atoms with E-state index in [1.807, 2.05) is 29.8 Å². The van der Waals surface area contributed by atoms with Crippen LogP contribution in [0.1, 0.15) is 25.7 Å². The van der Waals surface area contributed by atoms with Gasteiger partial charge in [0.25, 0.3) is 5.56 Å². The van der Waals surface area contributed by atoms with Crippen molar-refractivity contribution in [3.63, 3.8) is 0 Å². The number of hydrogen-bond acceptors (Lipinski definition) is 5. The van der Waals surface area contributed by atoms with Gasteiger partial charge in [-0.15, -0.1) is 22.7 Å². The van der Waals surface area contributed by atoms with Crippen LogP contribution in [0.15, 0.2) is 27.7 Å². The van der Waals surface area contributed by atoms with Crippen molar-refractivity contribution in [2.75, 3.05) is 0 Å². The van der Waals surface area contributed by atoms with E-state index in [0.29, 0.717) is 22.5 Å². The van der Waals surface area contributed by atoms with Gasteiger partial charge in [0.15, 0.2) is 0 Å². The molecular weight excluding hydrogens is 318 g/mol. The predicted octanol–water partition coefficient (Wildman–Crippen LogP) is 2.80. The van der Waals surface area contributed by atoms with E-state index in [0.717, 1.165) is 10.4 Å². The highest BCUT2D eigenvalue weighted by molar-refractivity contribution is 7.18. The van der Waals surface area contributed by atoms with Gasteiger partial charge in [0.1, 0.15) is 16.7 Å². The Balaban J connectivity index is 2.36. The van der Waals surface area contributed by atoms with Crippen molar-refractivity contribution in [2.24, 2.45) is 5.73 Å². The van der Waals surface area contributed by atoms with Crippen molar-refractivity contribution < 1.29 is 4.79 Å². The minimum atomic E-state index is -0.713. The van der Waals surface area contributed by atoms with Crippen molar-refractivity contribution in [3.8, 4) is 10.4 Å². The van der Waals surface area contributed by atoms with Crippen molar-refractivity contribution >= 4 is 38.8 Å². The molecule has 0 fully saturated rings. The average molecular weight is 333 g/mol. The SMILES string of the molecule is CCc1nc2scc(-c3cccs3)c2c(=O)n1C(C)C(N)=O. The van der Waals surface area contributed by atoms with Crippen LogP contribution < -0.4 is 11.3 Å². The van der Waals surface area contributed by atoms with Gasteiger partial charge in [-0.25, -0.2) is 4.98 Å². The zero-order valence-electron chi connectivity index (χ0n) is 12.2. The molecule has 0 aromatic carbocycles. The third-order valence-corrected chi connectivity index (χ3v) is 5.39. The topological polar surface area (TPSA) is 78.0 Å². The number of fused-ring (bicyclic) bond motifs is 1. The van der Waals surface area contributed by atoms with Gasteiger partial charge in [-0.3, -0.25) is 14.2 Å². The second kappa shape index (κ2) is 5.66. The van der Waals surface area contributed by atoms with E-state index in [2.05, 4.69) is 4.98 Å². The Bertz CT molecular complexity index is 894. The molecule has 1 amide bonds. The van der Waals surface area contributed by atoms with Crippen molar-refractivity contribution in [2.45, 2.75) is 26.3 Å². The van der Waals surface area contributed by atoms with E-state index in [1.54, 1.807) is 18.3 Å². The fraction of sp³-hybridized carbons (Fsp3) is 0.267. The van der Waals surface area contributed by atoms with Gasteiger partial charge >= 0.3 is 0 Å². The molecule has 2 N–H and O–H groups in total. The molecule has 3 rings (SSSR count). The van der Waals surface area contributed by atoms with Crippen molar-refractivity contribution in [1.29, 1.82) is 0 Å². The standard InChI is InChI=1S/C15H15N3O2S2/c1-3-11-17-14-12(15(20)18(11)8(2)13(16)19)9(7-22-14)10-5-4-6-21-10/h4-8H,3H2,1-2H3,(H2,16,19). The van der Waals surface area contributed by atoms with Crippen LogP contribution in [0, 0.1) is 0 Å². The maximum absolute atomic E-state index is 13.0. The summed E-state index contributed by atoms with van der Waals surface area (Å²) in [6.45, 7) is 3.54. The van der Waals surface area contributed by atoms with Crippen molar-refractivity contribution in [3.05, 3.63) is 39.1 Å². The summed E-state index contributed by atoms with van der Waals surface area (Å²) in [6, 6.07) is 3.21. The lowest BCUT2D eigenvalue weighted by Gasteiger charge is -2.16. The second-order valence-electron chi connectivity index (χ2n) is 4.94. The number of aryl methyl sites for hydroxylation is 1. The first-order chi connectivity index (χ1) is 10.5. The monoisotopic (exact) mass is 333 g/mol. The Kier molecular flexibility index (Phi) is 3.84. The van der Waals surface area contributed by atoms with Gasteiger partial charge in [-0.05, 0) is 18.4 Å². The van der Waals surface area contributed by atoms with Crippen LogP contribution in [0.3, 0.4) is 0 Å². The highest BCUT2D eigenvalue weighted by Gasteiger charge is 2.22. The number of carbonyl (C=O) groups excluding carboxylic acids is 1. The third-order valence-electron chi connectivity index (χ3n) is 3.61. The van der Waals surface area contributed by atoms with E-state index >= 15 is 0 Å². The lowest BCUT2D eigenvalue weighted by atomic mass is 10.2. The summed E-state index contributed by atoms with van der Waals surface area (Å²) in [5, 5.41) is 4.48. The van der Waals surface area contributed by atoms with Gasteiger partial charge in [-0.1, -0.05) is 13.0 Å². The van der Waals surface area contributed by atoms with Gasteiger partial charge in [0.2, 0.25) is 5.91 Å². The minimum Gasteiger partial charge on any atom is -0.368 e. The van der Waals surface area contributed by atoms with Crippen molar-refractivity contribution in [1.82, 2.24) is 9.55 Å². The first-order valence-electron chi connectivity index (χ1n) is 6.90. The van der Waals surface area contributed by atoms with E-state index in [4.69, 9.17) is 5.73 Å². The van der Waals surface area contributed by atoms with E-state index in [-0.39, 0.29) is 5.56 Å². The molecule has 3 heterocycles.